The lowest BCUT2D eigenvalue weighted by molar-refractivity contribution is 0.0288. The number of hydrogen-bond donors (Lipinski definition) is 0. The van der Waals surface area contributed by atoms with Gasteiger partial charge in [0.15, 0.2) is 0 Å². The molecule has 3 atom stereocenters. The molecule has 0 aromatic heterocycles. The molecule has 0 bridgehead atoms. The van der Waals surface area contributed by atoms with Crippen molar-refractivity contribution in [3.63, 3.8) is 0 Å². The number of hydrogen-bond acceptors (Lipinski definition) is 3. The molecule has 0 amide bonds. The van der Waals surface area contributed by atoms with Crippen LogP contribution in [0.15, 0.2) is 24.3 Å². The number of benzene rings is 1. The molecule has 2 saturated heterocycles. The quantitative estimate of drug-likeness (QED) is 0.693. The van der Waals surface area contributed by atoms with E-state index in [1.807, 2.05) is 18.2 Å². The van der Waals surface area contributed by atoms with Crippen LogP contribution in [-0.4, -0.2) is 25.9 Å². The van der Waals surface area contributed by atoms with Crippen molar-refractivity contribution in [1.82, 2.24) is 0 Å². The van der Waals surface area contributed by atoms with E-state index in [1.165, 1.54) is 5.56 Å². The van der Waals surface area contributed by atoms with Gasteiger partial charge in [-0.25, -0.2) is 0 Å². The fourth-order valence-electron chi connectivity index (χ4n) is 2.10. The molecule has 15 heavy (non-hydrogen) atoms. The van der Waals surface area contributed by atoms with Crippen molar-refractivity contribution < 1.29 is 14.2 Å². The van der Waals surface area contributed by atoms with Crippen molar-refractivity contribution in [3.05, 3.63) is 29.8 Å². The van der Waals surface area contributed by atoms with Crippen molar-refractivity contribution in [2.75, 3.05) is 13.7 Å². The van der Waals surface area contributed by atoms with Crippen molar-refractivity contribution in [2.45, 2.75) is 24.7 Å². The molecule has 2 aliphatic rings. The third-order valence-corrected chi connectivity index (χ3v) is 3.06. The molecule has 0 aliphatic carbocycles. The minimum absolute atomic E-state index is 0.170. The molecule has 0 radical (unpaired) electrons. The summed E-state index contributed by atoms with van der Waals surface area (Å²) in [6, 6.07) is 8.06. The Kier molecular flexibility index (Phi) is 2.15. The molecule has 2 heterocycles. The Morgan fingerprint density at radius 3 is 3.07 bits per heavy atom. The summed E-state index contributed by atoms with van der Waals surface area (Å²) in [5, 5.41) is 0. The minimum atomic E-state index is 0.170. The largest absolute Gasteiger partial charge is 0.497 e. The first-order chi connectivity index (χ1) is 7.36. The number of ether oxygens (including phenoxy) is 3. The minimum Gasteiger partial charge on any atom is -0.497 e. The summed E-state index contributed by atoms with van der Waals surface area (Å²) in [5.41, 5.74) is 1.18. The molecular formula is C12H14O3. The Morgan fingerprint density at radius 2 is 2.27 bits per heavy atom. The number of methoxy groups -OCH3 is 1. The van der Waals surface area contributed by atoms with E-state index in [1.54, 1.807) is 7.11 Å². The van der Waals surface area contributed by atoms with Crippen molar-refractivity contribution in [1.29, 1.82) is 0 Å². The number of rotatable bonds is 2. The number of epoxide rings is 1. The van der Waals surface area contributed by atoms with Crippen molar-refractivity contribution in [3.8, 4) is 5.75 Å². The van der Waals surface area contributed by atoms with Gasteiger partial charge in [-0.1, -0.05) is 12.1 Å². The highest BCUT2D eigenvalue weighted by atomic mass is 16.6. The summed E-state index contributed by atoms with van der Waals surface area (Å²) in [6.45, 7) is 0.729. The molecule has 80 valence electrons. The van der Waals surface area contributed by atoms with Crippen LogP contribution in [0.4, 0.5) is 0 Å². The topological polar surface area (TPSA) is 31.0 Å². The third-order valence-electron chi connectivity index (χ3n) is 3.06. The molecule has 0 spiro atoms. The zero-order valence-electron chi connectivity index (χ0n) is 8.68. The second-order valence-electron chi connectivity index (χ2n) is 4.05. The van der Waals surface area contributed by atoms with E-state index >= 15 is 0 Å². The van der Waals surface area contributed by atoms with Gasteiger partial charge in [-0.3, -0.25) is 0 Å². The molecule has 0 unspecified atom stereocenters. The fraction of sp³-hybridized carbons (Fsp3) is 0.500. The highest BCUT2D eigenvalue weighted by molar-refractivity contribution is 5.30. The van der Waals surface area contributed by atoms with Crippen molar-refractivity contribution in [2.24, 2.45) is 0 Å². The van der Waals surface area contributed by atoms with Gasteiger partial charge in [-0.05, 0) is 17.7 Å². The zero-order valence-corrected chi connectivity index (χ0v) is 8.68. The maximum Gasteiger partial charge on any atom is 0.119 e. The monoisotopic (exact) mass is 206 g/mol. The standard InChI is InChI=1S/C12H14O3/c1-13-9-4-2-3-8(5-9)10-6-11-12(15-11)7-14-10/h2-5,10-12H,6-7H2,1H3/t10-,11-,12+/m0/s1. The summed E-state index contributed by atoms with van der Waals surface area (Å²) in [7, 11) is 1.68. The highest BCUT2D eigenvalue weighted by Gasteiger charge is 2.45. The Balaban J connectivity index is 1.78. The highest BCUT2D eigenvalue weighted by Crippen LogP contribution is 2.39. The van der Waals surface area contributed by atoms with E-state index in [-0.39, 0.29) is 6.10 Å². The fourth-order valence-corrected chi connectivity index (χ4v) is 2.10. The third kappa shape index (κ3) is 1.73. The number of fused-ring (bicyclic) bond motifs is 1. The first kappa shape index (κ1) is 9.19. The van der Waals surface area contributed by atoms with Gasteiger partial charge < -0.3 is 14.2 Å². The van der Waals surface area contributed by atoms with Gasteiger partial charge in [0.05, 0.1) is 25.9 Å². The van der Waals surface area contributed by atoms with E-state index in [0.29, 0.717) is 12.2 Å². The van der Waals surface area contributed by atoms with E-state index in [2.05, 4.69) is 6.07 Å². The first-order valence-electron chi connectivity index (χ1n) is 5.28. The van der Waals surface area contributed by atoms with Crippen LogP contribution in [0.25, 0.3) is 0 Å². The van der Waals surface area contributed by atoms with Gasteiger partial charge in [-0.2, -0.15) is 0 Å². The van der Waals surface area contributed by atoms with Crippen LogP contribution in [0.1, 0.15) is 18.1 Å². The summed E-state index contributed by atoms with van der Waals surface area (Å²) in [4.78, 5) is 0. The maximum atomic E-state index is 5.74. The van der Waals surface area contributed by atoms with Crippen LogP contribution in [0.3, 0.4) is 0 Å². The smallest absolute Gasteiger partial charge is 0.119 e. The Labute approximate surface area is 89.0 Å². The van der Waals surface area contributed by atoms with Gasteiger partial charge >= 0.3 is 0 Å². The molecule has 2 fully saturated rings. The second-order valence-corrected chi connectivity index (χ2v) is 4.05. The normalized spacial score (nSPS) is 33.3. The average molecular weight is 206 g/mol. The summed E-state index contributed by atoms with van der Waals surface area (Å²) >= 11 is 0. The molecular weight excluding hydrogens is 192 g/mol. The van der Waals surface area contributed by atoms with E-state index in [0.717, 1.165) is 18.8 Å². The predicted octanol–water partition coefficient (Wildman–Crippen LogP) is 1.92. The van der Waals surface area contributed by atoms with Gasteiger partial charge in [0.2, 0.25) is 0 Å². The SMILES string of the molecule is COc1cccc([C@@H]2C[C@@H]3O[C@@H]3CO2)c1. The molecule has 0 N–H and O–H groups in total. The summed E-state index contributed by atoms with van der Waals surface area (Å²) < 4.78 is 16.4. The lowest BCUT2D eigenvalue weighted by atomic mass is 10.0. The van der Waals surface area contributed by atoms with Crippen LogP contribution in [0.5, 0.6) is 5.75 Å². The van der Waals surface area contributed by atoms with Crippen LogP contribution in [0.2, 0.25) is 0 Å². The average Bonchev–Trinajstić information content (AvgIpc) is 3.07. The van der Waals surface area contributed by atoms with Crippen LogP contribution < -0.4 is 4.74 Å². The zero-order chi connectivity index (χ0) is 10.3. The molecule has 1 aromatic rings. The molecule has 2 aliphatic heterocycles. The Bertz CT molecular complexity index is 364. The molecule has 1 aromatic carbocycles. The van der Waals surface area contributed by atoms with E-state index in [4.69, 9.17) is 14.2 Å². The molecule has 3 heteroatoms. The first-order valence-corrected chi connectivity index (χ1v) is 5.28. The van der Waals surface area contributed by atoms with E-state index in [9.17, 15) is 0 Å². The van der Waals surface area contributed by atoms with Gasteiger partial charge in [0.25, 0.3) is 0 Å². The molecule has 3 rings (SSSR count). The van der Waals surface area contributed by atoms with Gasteiger partial charge in [-0.15, -0.1) is 0 Å². The van der Waals surface area contributed by atoms with E-state index < -0.39 is 0 Å². The molecule has 3 nitrogen and oxygen atoms in total. The van der Waals surface area contributed by atoms with Crippen LogP contribution >= 0.6 is 0 Å². The van der Waals surface area contributed by atoms with Crippen molar-refractivity contribution >= 4 is 0 Å². The van der Waals surface area contributed by atoms with Gasteiger partial charge in [0.1, 0.15) is 11.9 Å². The Hall–Kier alpha value is -1.06. The lowest BCUT2D eigenvalue weighted by Crippen LogP contribution is -2.18. The van der Waals surface area contributed by atoms with Crippen LogP contribution in [0, 0.1) is 0 Å². The second kappa shape index (κ2) is 3.51. The summed E-state index contributed by atoms with van der Waals surface area (Å²) in [5.74, 6) is 0.884. The van der Waals surface area contributed by atoms with Crippen LogP contribution in [-0.2, 0) is 9.47 Å². The summed E-state index contributed by atoms with van der Waals surface area (Å²) in [6.07, 6.45) is 1.93. The lowest BCUT2D eigenvalue weighted by Gasteiger charge is -2.20. The predicted molar refractivity (Wildman–Crippen MR) is 55.0 cm³/mol. The Morgan fingerprint density at radius 1 is 1.33 bits per heavy atom. The maximum absolute atomic E-state index is 5.74. The van der Waals surface area contributed by atoms with Gasteiger partial charge in [0, 0.05) is 6.42 Å². The molecule has 0 saturated carbocycles.